The molecule has 0 saturated heterocycles. The largest absolute Gasteiger partial charge is 0.232 e. The Kier molecular flexibility index (Phi) is 0.824. The highest BCUT2D eigenvalue weighted by atomic mass is 32.1. The summed E-state index contributed by atoms with van der Waals surface area (Å²) in [6, 6.07) is 0. The van der Waals surface area contributed by atoms with Crippen molar-refractivity contribution in [3.05, 3.63) is 11.0 Å². The fourth-order valence-electron chi connectivity index (χ4n) is 0.520. The molecule has 2 aromatic heterocycles. The summed E-state index contributed by atoms with van der Waals surface area (Å²) < 4.78 is 0. The maximum Gasteiger partial charge on any atom is 0.154 e. The molecule has 0 amide bonds. The van der Waals surface area contributed by atoms with Gasteiger partial charge in [-0.2, -0.15) is 0 Å². The summed E-state index contributed by atoms with van der Waals surface area (Å²) in [5, 5.41) is 0. The van der Waals surface area contributed by atoms with E-state index in [0.29, 0.717) is 0 Å². The highest BCUT2D eigenvalue weighted by Gasteiger charge is 1.94. The molecule has 0 spiro atoms. The van der Waals surface area contributed by atoms with Crippen LogP contribution in [0.1, 0.15) is 0 Å². The Hall–Kier alpha value is -0.480. The molecule has 0 radical (unpaired) electrons. The van der Waals surface area contributed by atoms with Crippen molar-refractivity contribution in [3.8, 4) is 0 Å². The van der Waals surface area contributed by atoms with Crippen molar-refractivity contribution in [2.75, 3.05) is 0 Å². The van der Waals surface area contributed by atoms with Crippen LogP contribution in [0.5, 0.6) is 0 Å². The summed E-state index contributed by atoms with van der Waals surface area (Å²) in [4.78, 5) is 10.2. The molecule has 4 heteroatoms. The van der Waals surface area contributed by atoms with Gasteiger partial charge in [0, 0.05) is 0 Å². The molecule has 40 valence electrons. The van der Waals surface area contributed by atoms with E-state index in [1.54, 1.807) is 22.7 Å². The van der Waals surface area contributed by atoms with E-state index < -0.39 is 0 Å². The Labute approximate surface area is 53.8 Å². The fourth-order valence-corrected chi connectivity index (χ4v) is 1.99. The smallest absolute Gasteiger partial charge is 0.154 e. The van der Waals surface area contributed by atoms with Gasteiger partial charge in [0.25, 0.3) is 0 Å². The SMILES string of the molecule is c1nc2scnc2s1. The third-order valence-electron chi connectivity index (χ3n) is 0.852. The average Bonchev–Trinajstić information content (AvgIpc) is 2.15. The van der Waals surface area contributed by atoms with Crippen molar-refractivity contribution < 1.29 is 0 Å². The first kappa shape index (κ1) is 4.40. The van der Waals surface area contributed by atoms with Crippen molar-refractivity contribution in [3.63, 3.8) is 0 Å². The van der Waals surface area contributed by atoms with Gasteiger partial charge >= 0.3 is 0 Å². The molecule has 0 N–H and O–H groups in total. The van der Waals surface area contributed by atoms with Crippen LogP contribution < -0.4 is 0 Å². The maximum atomic E-state index is 4.05. The number of thiazole rings is 2. The first-order valence-electron chi connectivity index (χ1n) is 2.09. The van der Waals surface area contributed by atoms with Gasteiger partial charge in [-0.25, -0.2) is 9.97 Å². The molecule has 0 bridgehead atoms. The van der Waals surface area contributed by atoms with E-state index in [1.807, 2.05) is 11.0 Å². The van der Waals surface area contributed by atoms with Crippen LogP contribution in [0, 0.1) is 0 Å². The minimum Gasteiger partial charge on any atom is -0.232 e. The van der Waals surface area contributed by atoms with Gasteiger partial charge in [-0.15, -0.1) is 22.7 Å². The summed E-state index contributed by atoms with van der Waals surface area (Å²) in [6.07, 6.45) is 0. The standard InChI is InChI=1S/C4H2N2S2/c1-5-3-4(7-1)6-2-8-3/h1-2H. The van der Waals surface area contributed by atoms with Crippen LogP contribution in [0.15, 0.2) is 11.0 Å². The second kappa shape index (κ2) is 1.50. The fraction of sp³-hybridized carbons (Fsp3) is 0. The lowest BCUT2D eigenvalue weighted by atomic mass is 10.9. The molecule has 0 saturated carbocycles. The van der Waals surface area contributed by atoms with Gasteiger partial charge in [-0.05, 0) is 0 Å². The molecule has 0 fully saturated rings. The van der Waals surface area contributed by atoms with Crippen LogP contribution in [0.25, 0.3) is 9.66 Å². The van der Waals surface area contributed by atoms with Gasteiger partial charge in [0.1, 0.15) is 0 Å². The van der Waals surface area contributed by atoms with Crippen molar-refractivity contribution in [1.29, 1.82) is 0 Å². The van der Waals surface area contributed by atoms with E-state index in [9.17, 15) is 0 Å². The number of aromatic nitrogens is 2. The van der Waals surface area contributed by atoms with Crippen LogP contribution in [-0.2, 0) is 0 Å². The lowest BCUT2D eigenvalue weighted by molar-refractivity contribution is 1.51. The molecule has 2 aromatic rings. The second-order valence-corrected chi connectivity index (χ2v) is 2.98. The van der Waals surface area contributed by atoms with Gasteiger partial charge in [-0.3, -0.25) is 0 Å². The normalized spacial score (nSPS) is 10.5. The summed E-state index contributed by atoms with van der Waals surface area (Å²) in [5.74, 6) is 0. The van der Waals surface area contributed by atoms with Gasteiger partial charge in [-0.1, -0.05) is 0 Å². The van der Waals surface area contributed by atoms with Crippen molar-refractivity contribution in [1.82, 2.24) is 9.97 Å². The molecule has 0 aliphatic rings. The third kappa shape index (κ3) is 0.468. The van der Waals surface area contributed by atoms with Crippen molar-refractivity contribution in [2.24, 2.45) is 0 Å². The number of rotatable bonds is 0. The molecule has 0 atom stereocenters. The summed E-state index contributed by atoms with van der Waals surface area (Å²) in [7, 11) is 0. The highest BCUT2D eigenvalue weighted by molar-refractivity contribution is 7.24. The predicted molar refractivity (Wildman–Crippen MR) is 35.3 cm³/mol. The molecular weight excluding hydrogens is 140 g/mol. The molecule has 2 heterocycles. The number of hydrogen-bond acceptors (Lipinski definition) is 4. The lowest BCUT2D eigenvalue weighted by Gasteiger charge is -1.60. The topological polar surface area (TPSA) is 25.8 Å². The summed E-state index contributed by atoms with van der Waals surface area (Å²) in [5.41, 5.74) is 3.63. The summed E-state index contributed by atoms with van der Waals surface area (Å²) in [6.45, 7) is 0. The first-order valence-corrected chi connectivity index (χ1v) is 3.85. The quantitative estimate of drug-likeness (QED) is 0.560. The van der Waals surface area contributed by atoms with Gasteiger partial charge in [0.2, 0.25) is 0 Å². The Morgan fingerprint density at radius 2 is 1.50 bits per heavy atom. The van der Waals surface area contributed by atoms with E-state index in [2.05, 4.69) is 9.97 Å². The average molecular weight is 142 g/mol. The van der Waals surface area contributed by atoms with Crippen LogP contribution >= 0.6 is 22.7 Å². The summed E-state index contributed by atoms with van der Waals surface area (Å²) >= 11 is 3.16. The first-order chi connectivity index (χ1) is 3.97. The Bertz CT molecular complexity index is 233. The van der Waals surface area contributed by atoms with E-state index in [0.717, 1.165) is 9.66 Å². The van der Waals surface area contributed by atoms with Crippen LogP contribution in [-0.4, -0.2) is 9.97 Å². The minimum atomic E-state index is 1.05. The van der Waals surface area contributed by atoms with Crippen molar-refractivity contribution >= 4 is 32.3 Å². The molecule has 0 aliphatic heterocycles. The number of hydrogen-bond donors (Lipinski definition) is 0. The van der Waals surface area contributed by atoms with Crippen LogP contribution in [0.4, 0.5) is 0 Å². The molecule has 0 aromatic carbocycles. The molecule has 0 unspecified atom stereocenters. The van der Waals surface area contributed by atoms with Gasteiger partial charge in [0.05, 0.1) is 11.0 Å². The van der Waals surface area contributed by atoms with E-state index in [4.69, 9.17) is 0 Å². The Balaban J connectivity index is 3.06. The highest BCUT2D eigenvalue weighted by Crippen LogP contribution is 2.18. The van der Waals surface area contributed by atoms with Crippen LogP contribution in [0.2, 0.25) is 0 Å². The number of nitrogens with zero attached hydrogens (tertiary/aromatic N) is 2. The monoisotopic (exact) mass is 142 g/mol. The van der Waals surface area contributed by atoms with E-state index in [-0.39, 0.29) is 0 Å². The third-order valence-corrected chi connectivity index (χ3v) is 2.45. The minimum absolute atomic E-state index is 1.05. The zero-order valence-electron chi connectivity index (χ0n) is 3.87. The van der Waals surface area contributed by atoms with Crippen LogP contribution in [0.3, 0.4) is 0 Å². The second-order valence-electron chi connectivity index (χ2n) is 1.32. The Morgan fingerprint density at radius 3 is 2.00 bits per heavy atom. The zero-order valence-corrected chi connectivity index (χ0v) is 5.50. The van der Waals surface area contributed by atoms with Gasteiger partial charge in [0.15, 0.2) is 9.66 Å². The van der Waals surface area contributed by atoms with E-state index in [1.165, 1.54) is 0 Å². The lowest BCUT2D eigenvalue weighted by Crippen LogP contribution is -1.49. The Morgan fingerprint density at radius 1 is 1.00 bits per heavy atom. The molecule has 8 heavy (non-hydrogen) atoms. The number of fused-ring (bicyclic) bond motifs is 1. The molecule has 2 rings (SSSR count). The molecular formula is C4H2N2S2. The van der Waals surface area contributed by atoms with E-state index >= 15 is 0 Å². The maximum absolute atomic E-state index is 4.05. The van der Waals surface area contributed by atoms with Crippen molar-refractivity contribution in [2.45, 2.75) is 0 Å². The van der Waals surface area contributed by atoms with Gasteiger partial charge < -0.3 is 0 Å². The predicted octanol–water partition coefficient (Wildman–Crippen LogP) is 1.75. The molecule has 2 nitrogen and oxygen atoms in total. The molecule has 0 aliphatic carbocycles. The zero-order chi connectivity index (χ0) is 5.40.